The Morgan fingerprint density at radius 2 is 1.55 bits per heavy atom. The van der Waals surface area contributed by atoms with Gasteiger partial charge in [-0.3, -0.25) is 4.68 Å². The number of rotatable bonds is 10. The summed E-state index contributed by atoms with van der Waals surface area (Å²) in [6.45, 7) is 15.6. The van der Waals surface area contributed by atoms with Crippen LogP contribution in [0.25, 0.3) is 44.4 Å². The van der Waals surface area contributed by atoms with E-state index < -0.39 is 0 Å². The van der Waals surface area contributed by atoms with E-state index in [2.05, 4.69) is 143 Å². The average molecular weight is 854 g/mol. The van der Waals surface area contributed by atoms with Gasteiger partial charge in [0.1, 0.15) is 5.82 Å². The Kier molecular flexibility index (Phi) is 10.7. The summed E-state index contributed by atoms with van der Waals surface area (Å²) in [5.41, 5.74) is 10.2. The first-order chi connectivity index (χ1) is 24.2. The molecule has 6 heteroatoms. The minimum Gasteiger partial charge on any atom is -0.509 e. The zero-order chi connectivity index (χ0) is 35.0. The number of hydrogen-bond donors (Lipinski definition) is 0. The number of pyridine rings is 1. The van der Waals surface area contributed by atoms with Gasteiger partial charge in [-0.25, -0.2) is 4.98 Å². The fourth-order valence-electron chi connectivity index (χ4n) is 6.86. The molecule has 0 fully saturated rings. The van der Waals surface area contributed by atoms with Crippen LogP contribution in [0.3, 0.4) is 0 Å². The minimum absolute atomic E-state index is 0. The van der Waals surface area contributed by atoms with Crippen molar-refractivity contribution in [3.8, 4) is 34.1 Å². The van der Waals surface area contributed by atoms with Crippen LogP contribution in [0.15, 0.2) is 97.2 Å². The molecule has 0 aliphatic carbocycles. The summed E-state index contributed by atoms with van der Waals surface area (Å²) < 4.78 is 10.9. The normalized spacial score (nSPS) is 11.8. The molecule has 0 aliphatic heterocycles. The van der Waals surface area contributed by atoms with Crippen molar-refractivity contribution in [2.24, 2.45) is 0 Å². The maximum absolute atomic E-state index is 6.56. The van der Waals surface area contributed by atoms with Crippen LogP contribution >= 0.6 is 0 Å². The molecule has 5 nitrogen and oxygen atoms in total. The molecule has 7 rings (SSSR count). The van der Waals surface area contributed by atoms with Gasteiger partial charge < -0.3 is 9.30 Å². The van der Waals surface area contributed by atoms with Gasteiger partial charge in [0.15, 0.2) is 0 Å². The van der Waals surface area contributed by atoms with Gasteiger partial charge in [0.25, 0.3) is 0 Å². The Hall–Kier alpha value is -4.47. The minimum atomic E-state index is -0.00909. The average Bonchev–Trinajstić information content (AvgIpc) is 3.63. The second-order valence-corrected chi connectivity index (χ2v) is 14.6. The molecule has 262 valence electrons. The molecule has 7 aromatic rings. The third-order valence-electron chi connectivity index (χ3n) is 9.47. The maximum atomic E-state index is 6.56. The standard InChI is InChI=1S/C45H46N4O.Pt/c1-8-14-39-44(31-16-11-10-12-17-31)41(15-9-2)49(47-39)34-18-13-19-35(28-34)50-36-21-22-37-38-26-32(30(3)4)20-23-40(38)48(42(37)29-36)43-27-33(24-25-46-43)45(5,6)7;/h10-13,16-27,30H,8-9,14-15H2,1-7H3;/q-2;+2. The Morgan fingerprint density at radius 3 is 2.27 bits per heavy atom. The molecular weight excluding hydrogens is 808 g/mol. The summed E-state index contributed by atoms with van der Waals surface area (Å²) in [6, 6.07) is 39.1. The fourth-order valence-corrected chi connectivity index (χ4v) is 6.86. The van der Waals surface area contributed by atoms with Crippen molar-refractivity contribution in [1.82, 2.24) is 19.3 Å². The zero-order valence-corrected chi connectivity index (χ0v) is 32.9. The van der Waals surface area contributed by atoms with Crippen LogP contribution in [-0.4, -0.2) is 19.3 Å². The van der Waals surface area contributed by atoms with Crippen molar-refractivity contribution in [1.29, 1.82) is 0 Å². The van der Waals surface area contributed by atoms with Crippen molar-refractivity contribution >= 4 is 21.8 Å². The molecule has 0 N–H and O–H groups in total. The summed E-state index contributed by atoms with van der Waals surface area (Å²) in [5.74, 6) is 2.53. The molecule has 3 heterocycles. The summed E-state index contributed by atoms with van der Waals surface area (Å²) in [7, 11) is 0. The SMILES string of the molecule is CCCc1nn(-c2[c-]c(Oc3[c-]c4c(cc3)c3cc(C(C)C)ccc3n4-c3cc(C(C)(C)C)ccn3)ccc2)c(CCC)c1-c1ccccc1.[Pt+2]. The first-order valence-electron chi connectivity index (χ1n) is 18.0. The first-order valence-corrected chi connectivity index (χ1v) is 18.0. The van der Waals surface area contributed by atoms with Gasteiger partial charge in [-0.15, -0.1) is 35.7 Å². The van der Waals surface area contributed by atoms with E-state index in [1.54, 1.807) is 0 Å². The molecule has 0 saturated heterocycles. The van der Waals surface area contributed by atoms with E-state index in [9.17, 15) is 0 Å². The van der Waals surface area contributed by atoms with E-state index in [1.165, 1.54) is 33.3 Å². The predicted molar refractivity (Wildman–Crippen MR) is 206 cm³/mol. The van der Waals surface area contributed by atoms with Gasteiger partial charge in [-0.2, -0.15) is 17.2 Å². The Labute approximate surface area is 317 Å². The second-order valence-electron chi connectivity index (χ2n) is 14.6. The monoisotopic (exact) mass is 853 g/mol. The molecule has 0 unspecified atom stereocenters. The van der Waals surface area contributed by atoms with Gasteiger partial charge in [0, 0.05) is 34.5 Å². The third kappa shape index (κ3) is 7.19. The summed E-state index contributed by atoms with van der Waals surface area (Å²) >= 11 is 0. The summed E-state index contributed by atoms with van der Waals surface area (Å²) in [4.78, 5) is 4.87. The van der Waals surface area contributed by atoms with Gasteiger partial charge >= 0.3 is 21.1 Å². The van der Waals surface area contributed by atoms with E-state index in [4.69, 9.17) is 14.8 Å². The Morgan fingerprint density at radius 1 is 0.784 bits per heavy atom. The third-order valence-corrected chi connectivity index (χ3v) is 9.47. The maximum Gasteiger partial charge on any atom is 2.00 e. The zero-order valence-electron chi connectivity index (χ0n) is 30.7. The molecule has 0 amide bonds. The van der Waals surface area contributed by atoms with Crippen LogP contribution in [0.4, 0.5) is 0 Å². The van der Waals surface area contributed by atoms with Gasteiger partial charge in [-0.05, 0) is 70.1 Å². The van der Waals surface area contributed by atoms with Crippen LogP contribution in [0, 0.1) is 12.1 Å². The Balaban J connectivity index is 0.00000448. The van der Waals surface area contributed by atoms with E-state index in [1.807, 2.05) is 24.4 Å². The topological polar surface area (TPSA) is 44.9 Å². The molecule has 0 bridgehead atoms. The van der Waals surface area contributed by atoms with Crippen LogP contribution in [0.5, 0.6) is 11.5 Å². The van der Waals surface area contributed by atoms with Gasteiger partial charge in [0.2, 0.25) is 0 Å². The smallest absolute Gasteiger partial charge is 0.509 e. The molecule has 3 aromatic heterocycles. The van der Waals surface area contributed by atoms with Crippen molar-refractivity contribution in [2.45, 2.75) is 85.5 Å². The molecule has 0 aliphatic rings. The molecule has 4 aromatic carbocycles. The summed E-state index contributed by atoms with van der Waals surface area (Å²) in [6.07, 6.45) is 5.78. The second kappa shape index (κ2) is 15.0. The van der Waals surface area contributed by atoms with Gasteiger partial charge in [-0.1, -0.05) is 109 Å². The Bertz CT molecular complexity index is 2290. The largest absolute Gasteiger partial charge is 2.00 e. The van der Waals surface area contributed by atoms with Crippen LogP contribution in [-0.2, 0) is 39.3 Å². The van der Waals surface area contributed by atoms with Crippen LogP contribution in [0.2, 0.25) is 0 Å². The first kappa shape index (κ1) is 36.3. The van der Waals surface area contributed by atoms with Crippen molar-refractivity contribution in [3.05, 3.63) is 132 Å². The number of aryl methyl sites for hydroxylation is 1. The fraction of sp³-hybridized carbons (Fsp3) is 0.289. The molecule has 0 spiro atoms. The van der Waals surface area contributed by atoms with Crippen molar-refractivity contribution in [3.63, 3.8) is 0 Å². The molecule has 0 saturated carbocycles. The predicted octanol–water partition coefficient (Wildman–Crippen LogP) is 11.7. The number of nitrogens with zero attached hydrogens (tertiary/aromatic N) is 4. The molecule has 51 heavy (non-hydrogen) atoms. The van der Waals surface area contributed by atoms with Crippen LogP contribution in [0.1, 0.15) is 89.7 Å². The van der Waals surface area contributed by atoms with E-state index in [0.717, 1.165) is 59.3 Å². The number of fused-ring (bicyclic) bond motifs is 3. The summed E-state index contributed by atoms with van der Waals surface area (Å²) in [5, 5.41) is 7.48. The van der Waals surface area contributed by atoms with Crippen molar-refractivity contribution < 1.29 is 25.8 Å². The van der Waals surface area contributed by atoms with E-state index in [-0.39, 0.29) is 26.5 Å². The van der Waals surface area contributed by atoms with E-state index >= 15 is 0 Å². The van der Waals surface area contributed by atoms with Gasteiger partial charge in [0.05, 0.1) is 5.69 Å². The quantitative estimate of drug-likeness (QED) is 0.129. The van der Waals surface area contributed by atoms with Crippen molar-refractivity contribution in [2.75, 3.05) is 0 Å². The number of aromatic nitrogens is 4. The van der Waals surface area contributed by atoms with E-state index in [0.29, 0.717) is 17.4 Å². The van der Waals surface area contributed by atoms with Crippen LogP contribution < -0.4 is 4.74 Å². The molecule has 0 atom stereocenters. The molecular formula is C45H46N4OPt. The number of ether oxygens (including phenoxy) is 1. The molecule has 0 radical (unpaired) electrons. The number of hydrogen-bond acceptors (Lipinski definition) is 3. The number of benzene rings is 4.